The number of hydrogen-bond acceptors (Lipinski definition) is 1. The summed E-state index contributed by atoms with van der Waals surface area (Å²) in [5.74, 6) is -3.63. The number of alkyl halides is 2. The summed E-state index contributed by atoms with van der Waals surface area (Å²) in [6.07, 6.45) is 0.777. The third-order valence-corrected chi connectivity index (χ3v) is 3.02. The van der Waals surface area contributed by atoms with Gasteiger partial charge in [0.2, 0.25) is 0 Å². The number of piperidine rings is 1. The van der Waals surface area contributed by atoms with Gasteiger partial charge in [0, 0.05) is 5.92 Å². The average Bonchev–Trinajstić information content (AvgIpc) is 2.24. The Morgan fingerprint density at radius 3 is 2.56 bits per heavy atom. The van der Waals surface area contributed by atoms with Crippen molar-refractivity contribution in [1.82, 2.24) is 5.32 Å². The third-order valence-electron chi connectivity index (χ3n) is 3.02. The van der Waals surface area contributed by atoms with E-state index in [1.807, 2.05) is 0 Å². The highest BCUT2D eigenvalue weighted by atomic mass is 19.3. The number of benzene rings is 1. The van der Waals surface area contributed by atoms with Gasteiger partial charge < -0.3 is 5.32 Å². The van der Waals surface area contributed by atoms with Crippen molar-refractivity contribution in [3.63, 3.8) is 0 Å². The first-order valence-corrected chi connectivity index (χ1v) is 5.41. The van der Waals surface area contributed by atoms with Crippen LogP contribution in [-0.4, -0.2) is 19.0 Å². The Labute approximate surface area is 92.7 Å². The average molecular weight is 229 g/mol. The summed E-state index contributed by atoms with van der Waals surface area (Å²) in [5, 5.41) is 2.69. The summed E-state index contributed by atoms with van der Waals surface area (Å²) < 4.78 is 39.7. The molecule has 2 rings (SSSR count). The molecular formula is C12H14F3N. The van der Waals surface area contributed by atoms with E-state index in [0.717, 1.165) is 5.56 Å². The molecular weight excluding hydrogens is 215 g/mol. The van der Waals surface area contributed by atoms with Crippen LogP contribution in [0.5, 0.6) is 0 Å². The predicted octanol–water partition coefficient (Wildman–Crippen LogP) is 2.61. The summed E-state index contributed by atoms with van der Waals surface area (Å²) in [7, 11) is 0. The zero-order valence-electron chi connectivity index (χ0n) is 8.85. The zero-order valence-corrected chi connectivity index (χ0v) is 8.85. The second-order valence-electron chi connectivity index (χ2n) is 4.25. The van der Waals surface area contributed by atoms with Crippen molar-refractivity contribution in [3.8, 4) is 0 Å². The number of hydrogen-bond donors (Lipinski definition) is 1. The molecule has 1 aromatic carbocycles. The molecule has 1 fully saturated rings. The number of rotatable bonds is 2. The summed E-state index contributed by atoms with van der Waals surface area (Å²) in [5.41, 5.74) is 0.771. The van der Waals surface area contributed by atoms with Crippen molar-refractivity contribution >= 4 is 0 Å². The van der Waals surface area contributed by atoms with Crippen molar-refractivity contribution in [3.05, 3.63) is 35.6 Å². The first-order chi connectivity index (χ1) is 7.58. The van der Waals surface area contributed by atoms with Gasteiger partial charge in [-0.3, -0.25) is 0 Å². The Bertz CT molecular complexity index is 348. The molecule has 88 valence electrons. The van der Waals surface area contributed by atoms with E-state index in [1.54, 1.807) is 12.1 Å². The fourth-order valence-corrected chi connectivity index (χ4v) is 2.04. The predicted molar refractivity (Wildman–Crippen MR) is 56.0 cm³/mol. The van der Waals surface area contributed by atoms with Crippen LogP contribution < -0.4 is 5.32 Å². The second kappa shape index (κ2) is 4.45. The molecule has 0 aromatic heterocycles. The van der Waals surface area contributed by atoms with Crippen LogP contribution in [0.25, 0.3) is 0 Å². The van der Waals surface area contributed by atoms with Gasteiger partial charge in [-0.05, 0) is 37.1 Å². The Hall–Kier alpha value is -1.03. The topological polar surface area (TPSA) is 12.0 Å². The van der Waals surface area contributed by atoms with Crippen LogP contribution in [0.3, 0.4) is 0 Å². The Balaban J connectivity index is 2.05. The summed E-state index contributed by atoms with van der Waals surface area (Å²) in [6.45, 7) is 0.375. The van der Waals surface area contributed by atoms with Gasteiger partial charge in [-0.25, -0.2) is 13.2 Å². The maximum atomic E-state index is 13.5. The first kappa shape index (κ1) is 11.5. The first-order valence-electron chi connectivity index (χ1n) is 5.41. The van der Waals surface area contributed by atoms with Crippen LogP contribution in [0.2, 0.25) is 0 Å². The molecule has 4 heteroatoms. The van der Waals surface area contributed by atoms with Crippen LogP contribution in [0, 0.1) is 11.7 Å². The molecule has 1 heterocycles. The molecule has 1 unspecified atom stereocenters. The molecule has 1 aromatic rings. The van der Waals surface area contributed by atoms with E-state index in [0.29, 0.717) is 19.4 Å². The summed E-state index contributed by atoms with van der Waals surface area (Å²) >= 11 is 0. The minimum absolute atomic E-state index is 0.251. The third kappa shape index (κ3) is 2.55. The van der Waals surface area contributed by atoms with Gasteiger partial charge in [0.15, 0.2) is 0 Å². The van der Waals surface area contributed by atoms with Crippen molar-refractivity contribution in [2.75, 3.05) is 13.1 Å². The molecule has 1 aliphatic rings. The summed E-state index contributed by atoms with van der Waals surface area (Å²) in [6, 6.07) is 5.78. The van der Waals surface area contributed by atoms with Gasteiger partial charge in [0.05, 0.1) is 6.54 Å². The lowest BCUT2D eigenvalue weighted by Gasteiger charge is -2.31. The fourth-order valence-electron chi connectivity index (χ4n) is 2.04. The molecule has 1 saturated heterocycles. The SMILES string of the molecule is Fc1ccc(CC2CCNCC2(F)F)cc1. The molecule has 1 aliphatic heterocycles. The quantitative estimate of drug-likeness (QED) is 0.822. The Morgan fingerprint density at radius 2 is 1.94 bits per heavy atom. The molecule has 1 N–H and O–H groups in total. The van der Waals surface area contributed by atoms with Crippen LogP contribution in [0.15, 0.2) is 24.3 Å². The molecule has 0 radical (unpaired) electrons. The fraction of sp³-hybridized carbons (Fsp3) is 0.500. The van der Waals surface area contributed by atoms with Gasteiger partial charge in [0.1, 0.15) is 5.82 Å². The lowest BCUT2D eigenvalue weighted by molar-refractivity contribution is -0.0727. The maximum Gasteiger partial charge on any atom is 0.263 e. The molecule has 1 atom stereocenters. The Kier molecular flexibility index (Phi) is 3.19. The van der Waals surface area contributed by atoms with E-state index in [4.69, 9.17) is 0 Å². The van der Waals surface area contributed by atoms with Crippen molar-refractivity contribution in [2.45, 2.75) is 18.8 Å². The van der Waals surface area contributed by atoms with Crippen molar-refractivity contribution in [1.29, 1.82) is 0 Å². The normalized spacial score (nSPS) is 24.3. The monoisotopic (exact) mass is 229 g/mol. The van der Waals surface area contributed by atoms with E-state index < -0.39 is 11.8 Å². The van der Waals surface area contributed by atoms with Gasteiger partial charge >= 0.3 is 0 Å². The summed E-state index contributed by atoms with van der Waals surface area (Å²) in [4.78, 5) is 0. The lowest BCUT2D eigenvalue weighted by atomic mass is 9.88. The molecule has 16 heavy (non-hydrogen) atoms. The maximum absolute atomic E-state index is 13.5. The Morgan fingerprint density at radius 1 is 1.25 bits per heavy atom. The smallest absolute Gasteiger partial charge is 0.263 e. The van der Waals surface area contributed by atoms with E-state index in [2.05, 4.69) is 5.32 Å². The van der Waals surface area contributed by atoms with Gasteiger partial charge in [-0.1, -0.05) is 12.1 Å². The van der Waals surface area contributed by atoms with Crippen LogP contribution in [-0.2, 0) is 6.42 Å². The molecule has 0 aliphatic carbocycles. The van der Waals surface area contributed by atoms with E-state index in [1.165, 1.54) is 12.1 Å². The van der Waals surface area contributed by atoms with E-state index in [-0.39, 0.29) is 12.4 Å². The van der Waals surface area contributed by atoms with E-state index in [9.17, 15) is 13.2 Å². The second-order valence-corrected chi connectivity index (χ2v) is 4.25. The minimum atomic E-state index is -2.66. The van der Waals surface area contributed by atoms with Crippen molar-refractivity contribution < 1.29 is 13.2 Å². The number of nitrogens with one attached hydrogen (secondary N) is 1. The van der Waals surface area contributed by atoms with Gasteiger partial charge in [-0.2, -0.15) is 0 Å². The highest BCUT2D eigenvalue weighted by molar-refractivity contribution is 5.17. The van der Waals surface area contributed by atoms with E-state index >= 15 is 0 Å². The zero-order chi connectivity index (χ0) is 11.6. The van der Waals surface area contributed by atoms with Gasteiger partial charge in [0.25, 0.3) is 5.92 Å². The number of halogens is 3. The highest BCUT2D eigenvalue weighted by Gasteiger charge is 2.41. The lowest BCUT2D eigenvalue weighted by Crippen LogP contribution is -2.46. The molecule has 0 saturated carbocycles. The van der Waals surface area contributed by atoms with Gasteiger partial charge in [-0.15, -0.1) is 0 Å². The minimum Gasteiger partial charge on any atom is -0.311 e. The largest absolute Gasteiger partial charge is 0.311 e. The molecule has 0 amide bonds. The van der Waals surface area contributed by atoms with Crippen LogP contribution in [0.4, 0.5) is 13.2 Å². The standard InChI is InChI=1S/C12H14F3N/c13-11-3-1-9(2-4-11)7-10-5-6-16-8-12(10,14)15/h1-4,10,16H,5-8H2. The molecule has 1 nitrogen and oxygen atoms in total. The molecule has 0 spiro atoms. The molecule has 0 bridgehead atoms. The highest BCUT2D eigenvalue weighted by Crippen LogP contribution is 2.32. The van der Waals surface area contributed by atoms with Crippen molar-refractivity contribution in [2.24, 2.45) is 5.92 Å². The van der Waals surface area contributed by atoms with Crippen LogP contribution >= 0.6 is 0 Å². The van der Waals surface area contributed by atoms with Crippen LogP contribution in [0.1, 0.15) is 12.0 Å².